The molecule has 0 spiro atoms. The Morgan fingerprint density at radius 3 is 2.55 bits per heavy atom. The molecule has 1 unspecified atom stereocenters. The fourth-order valence-corrected chi connectivity index (χ4v) is 3.39. The number of hydrogen-bond acceptors (Lipinski definition) is 1. The van der Waals surface area contributed by atoms with Crippen molar-refractivity contribution < 1.29 is 4.74 Å². The molecule has 0 saturated heterocycles. The van der Waals surface area contributed by atoms with E-state index >= 15 is 0 Å². The van der Waals surface area contributed by atoms with Gasteiger partial charge >= 0.3 is 0 Å². The monoisotopic (exact) mass is 372 g/mol. The molecule has 1 nitrogen and oxygen atoms in total. The molecule has 0 aliphatic heterocycles. The third-order valence-electron chi connectivity index (χ3n) is 2.91. The molecule has 0 N–H and O–H groups in total. The molecule has 0 amide bonds. The van der Waals surface area contributed by atoms with E-state index in [4.69, 9.17) is 27.9 Å². The van der Waals surface area contributed by atoms with Crippen LogP contribution < -0.4 is 4.74 Å². The molecule has 106 valence electrons. The number of rotatable bonds is 4. The number of ether oxygens (including phenoxy) is 1. The molecule has 4 heteroatoms. The van der Waals surface area contributed by atoms with Gasteiger partial charge in [-0.2, -0.15) is 0 Å². The first-order chi connectivity index (χ1) is 9.51. The second-order valence-corrected chi connectivity index (χ2v) is 6.27. The van der Waals surface area contributed by atoms with Crippen LogP contribution in [0.1, 0.15) is 29.0 Å². The van der Waals surface area contributed by atoms with E-state index in [1.807, 2.05) is 50.2 Å². The lowest BCUT2D eigenvalue weighted by molar-refractivity contribution is 0.340. The summed E-state index contributed by atoms with van der Waals surface area (Å²) >= 11 is 16.2. The van der Waals surface area contributed by atoms with E-state index in [-0.39, 0.29) is 5.38 Å². The van der Waals surface area contributed by atoms with Crippen LogP contribution in [0.25, 0.3) is 0 Å². The third-order valence-corrected chi connectivity index (χ3v) is 4.31. The van der Waals surface area contributed by atoms with E-state index in [2.05, 4.69) is 15.9 Å². The standard InChI is InChI=1S/C16H15BrCl2O/c1-3-20-13-4-5-14(15(17)9-13)16(19)11-6-10(2)7-12(18)8-11/h4-9,16H,3H2,1-2H3. The highest BCUT2D eigenvalue weighted by Gasteiger charge is 2.15. The highest BCUT2D eigenvalue weighted by Crippen LogP contribution is 2.36. The van der Waals surface area contributed by atoms with Gasteiger partial charge in [0, 0.05) is 9.50 Å². The van der Waals surface area contributed by atoms with Gasteiger partial charge < -0.3 is 4.74 Å². The molecular weight excluding hydrogens is 359 g/mol. The van der Waals surface area contributed by atoms with Gasteiger partial charge in [0.05, 0.1) is 12.0 Å². The largest absolute Gasteiger partial charge is 0.494 e. The maximum atomic E-state index is 6.58. The Balaban J connectivity index is 2.35. The average Bonchev–Trinajstić information content (AvgIpc) is 2.37. The molecule has 20 heavy (non-hydrogen) atoms. The highest BCUT2D eigenvalue weighted by molar-refractivity contribution is 9.10. The Bertz CT molecular complexity index is 593. The maximum Gasteiger partial charge on any atom is 0.120 e. The number of benzene rings is 2. The predicted molar refractivity (Wildman–Crippen MR) is 89.2 cm³/mol. The second kappa shape index (κ2) is 6.84. The molecule has 2 aromatic rings. The van der Waals surface area contributed by atoms with Crippen molar-refractivity contribution in [3.63, 3.8) is 0 Å². The van der Waals surface area contributed by atoms with Crippen LogP contribution in [0, 0.1) is 6.92 Å². The molecule has 0 aromatic heterocycles. The smallest absolute Gasteiger partial charge is 0.120 e. The molecular formula is C16H15BrCl2O. The molecule has 2 aromatic carbocycles. The van der Waals surface area contributed by atoms with Crippen LogP contribution in [0.2, 0.25) is 5.02 Å². The zero-order valence-electron chi connectivity index (χ0n) is 11.3. The first-order valence-electron chi connectivity index (χ1n) is 6.34. The summed E-state index contributed by atoms with van der Waals surface area (Å²) in [6.07, 6.45) is 0. The van der Waals surface area contributed by atoms with E-state index in [0.717, 1.165) is 26.9 Å². The normalized spacial score (nSPS) is 12.2. The molecule has 0 heterocycles. The summed E-state index contributed by atoms with van der Waals surface area (Å²) in [5.41, 5.74) is 3.08. The van der Waals surface area contributed by atoms with E-state index < -0.39 is 0 Å². The fourth-order valence-electron chi connectivity index (χ4n) is 2.06. The van der Waals surface area contributed by atoms with Gasteiger partial charge in [-0.25, -0.2) is 0 Å². The number of aryl methyl sites for hydroxylation is 1. The summed E-state index contributed by atoms with van der Waals surface area (Å²) in [4.78, 5) is 0. The first kappa shape index (κ1) is 15.7. The van der Waals surface area contributed by atoms with Crippen LogP contribution >= 0.6 is 39.1 Å². The van der Waals surface area contributed by atoms with Crippen molar-refractivity contribution in [3.05, 3.63) is 62.6 Å². The Labute approximate surface area is 138 Å². The molecule has 0 saturated carbocycles. The van der Waals surface area contributed by atoms with Gasteiger partial charge in [0.25, 0.3) is 0 Å². The Morgan fingerprint density at radius 1 is 1.20 bits per heavy atom. The van der Waals surface area contributed by atoms with Crippen LogP contribution in [0.5, 0.6) is 5.75 Å². The van der Waals surface area contributed by atoms with Crippen molar-refractivity contribution in [3.8, 4) is 5.75 Å². The lowest BCUT2D eigenvalue weighted by atomic mass is 10.0. The van der Waals surface area contributed by atoms with Gasteiger partial charge in [-0.3, -0.25) is 0 Å². The van der Waals surface area contributed by atoms with Crippen LogP contribution in [0.15, 0.2) is 40.9 Å². The van der Waals surface area contributed by atoms with Crippen molar-refractivity contribution >= 4 is 39.1 Å². The molecule has 1 atom stereocenters. The van der Waals surface area contributed by atoms with Crippen LogP contribution in [0.4, 0.5) is 0 Å². The molecule has 0 fully saturated rings. The summed E-state index contributed by atoms with van der Waals surface area (Å²) in [6.45, 7) is 4.61. The molecule has 2 rings (SSSR count). The van der Waals surface area contributed by atoms with Gasteiger partial charge in [0.1, 0.15) is 5.75 Å². The Hall–Kier alpha value is -0.700. The molecule has 0 aliphatic carbocycles. The molecule has 0 aliphatic rings. The second-order valence-electron chi connectivity index (χ2n) is 4.54. The van der Waals surface area contributed by atoms with E-state index in [1.54, 1.807) is 0 Å². The van der Waals surface area contributed by atoms with E-state index in [9.17, 15) is 0 Å². The predicted octanol–water partition coefficient (Wildman–Crippen LogP) is 6.14. The highest BCUT2D eigenvalue weighted by atomic mass is 79.9. The van der Waals surface area contributed by atoms with E-state index in [0.29, 0.717) is 11.6 Å². The van der Waals surface area contributed by atoms with Crippen molar-refractivity contribution in [1.29, 1.82) is 0 Å². The summed E-state index contributed by atoms with van der Waals surface area (Å²) in [7, 11) is 0. The molecule has 0 radical (unpaired) electrons. The summed E-state index contributed by atoms with van der Waals surface area (Å²) in [6, 6.07) is 11.7. The Kier molecular flexibility index (Phi) is 5.36. The van der Waals surface area contributed by atoms with Crippen LogP contribution in [0.3, 0.4) is 0 Å². The van der Waals surface area contributed by atoms with Gasteiger partial charge in [0.2, 0.25) is 0 Å². The summed E-state index contributed by atoms with van der Waals surface area (Å²) in [5, 5.41) is 0.449. The minimum Gasteiger partial charge on any atom is -0.494 e. The van der Waals surface area contributed by atoms with Crippen molar-refractivity contribution in [2.75, 3.05) is 6.61 Å². The average molecular weight is 374 g/mol. The van der Waals surface area contributed by atoms with Gasteiger partial charge in [-0.15, -0.1) is 11.6 Å². The van der Waals surface area contributed by atoms with Gasteiger partial charge in [-0.1, -0.05) is 39.7 Å². The summed E-state index contributed by atoms with van der Waals surface area (Å²) < 4.78 is 6.40. The van der Waals surface area contributed by atoms with Gasteiger partial charge in [0.15, 0.2) is 0 Å². The minimum absolute atomic E-state index is 0.252. The Morgan fingerprint density at radius 2 is 1.95 bits per heavy atom. The van der Waals surface area contributed by atoms with Crippen molar-refractivity contribution in [2.45, 2.75) is 19.2 Å². The lowest BCUT2D eigenvalue weighted by Crippen LogP contribution is -1.97. The summed E-state index contributed by atoms with van der Waals surface area (Å²) in [5.74, 6) is 0.828. The zero-order valence-corrected chi connectivity index (χ0v) is 14.4. The topological polar surface area (TPSA) is 9.23 Å². The van der Waals surface area contributed by atoms with E-state index in [1.165, 1.54) is 0 Å². The quantitative estimate of drug-likeness (QED) is 0.585. The maximum absolute atomic E-state index is 6.58. The SMILES string of the molecule is CCOc1ccc(C(Cl)c2cc(C)cc(Cl)c2)c(Br)c1. The fraction of sp³-hybridized carbons (Fsp3) is 0.250. The van der Waals surface area contributed by atoms with Crippen molar-refractivity contribution in [2.24, 2.45) is 0 Å². The van der Waals surface area contributed by atoms with Crippen LogP contribution in [-0.2, 0) is 0 Å². The lowest BCUT2D eigenvalue weighted by Gasteiger charge is -2.15. The number of alkyl halides is 1. The first-order valence-corrected chi connectivity index (χ1v) is 7.95. The zero-order chi connectivity index (χ0) is 14.7. The third kappa shape index (κ3) is 3.69. The minimum atomic E-state index is -0.252. The number of halogens is 3. The van der Waals surface area contributed by atoms with Gasteiger partial charge in [-0.05, 0) is 54.8 Å². The van der Waals surface area contributed by atoms with Crippen LogP contribution in [-0.4, -0.2) is 6.61 Å². The number of hydrogen-bond donors (Lipinski definition) is 0. The van der Waals surface area contributed by atoms with Crippen molar-refractivity contribution in [1.82, 2.24) is 0 Å². The molecule has 0 bridgehead atoms.